The zero-order chi connectivity index (χ0) is 22.4. The molecule has 6 rings (SSSR count). The van der Waals surface area contributed by atoms with Gasteiger partial charge < -0.3 is 5.32 Å². The van der Waals surface area contributed by atoms with E-state index in [2.05, 4.69) is 83.3 Å². The normalized spacial score (nSPS) is 19.7. The SMILES string of the molecule is CSc1ccc([C@@H]2Nc3ccc4ncccc4c3C3=C2C(=O)C[C@@H](c2ccccc2)C3)cc1. The first-order chi connectivity index (χ1) is 16.2. The van der Waals surface area contributed by atoms with Gasteiger partial charge >= 0.3 is 0 Å². The third-order valence-electron chi connectivity index (χ3n) is 6.90. The number of allylic oxidation sites excluding steroid dienone is 1. The molecule has 1 aromatic heterocycles. The number of nitrogens with one attached hydrogen (secondary N) is 1. The molecule has 3 aromatic carbocycles. The highest BCUT2D eigenvalue weighted by molar-refractivity contribution is 7.98. The van der Waals surface area contributed by atoms with Crippen LogP contribution in [-0.2, 0) is 4.79 Å². The number of thioether (sulfide) groups is 1. The number of fused-ring (bicyclic) bond motifs is 4. The van der Waals surface area contributed by atoms with E-state index in [1.165, 1.54) is 16.0 Å². The molecule has 162 valence electrons. The summed E-state index contributed by atoms with van der Waals surface area (Å²) in [7, 11) is 0. The van der Waals surface area contributed by atoms with Gasteiger partial charge in [0.2, 0.25) is 0 Å². The van der Waals surface area contributed by atoms with Crippen LogP contribution in [-0.4, -0.2) is 17.0 Å². The molecule has 0 radical (unpaired) electrons. The Morgan fingerprint density at radius 2 is 1.70 bits per heavy atom. The van der Waals surface area contributed by atoms with Crippen LogP contribution < -0.4 is 5.32 Å². The second-order valence-electron chi connectivity index (χ2n) is 8.74. The maximum Gasteiger partial charge on any atom is 0.162 e. The van der Waals surface area contributed by atoms with E-state index in [0.29, 0.717) is 6.42 Å². The molecule has 1 aliphatic carbocycles. The smallest absolute Gasteiger partial charge is 0.162 e. The third-order valence-corrected chi connectivity index (χ3v) is 7.65. The topological polar surface area (TPSA) is 42.0 Å². The van der Waals surface area contributed by atoms with Crippen LogP contribution in [0.1, 0.15) is 41.5 Å². The lowest BCUT2D eigenvalue weighted by Gasteiger charge is -2.37. The summed E-state index contributed by atoms with van der Waals surface area (Å²) in [6, 6.07) is 27.2. The van der Waals surface area contributed by atoms with Crippen LogP contribution in [0, 0.1) is 0 Å². The lowest BCUT2D eigenvalue weighted by Crippen LogP contribution is -2.29. The van der Waals surface area contributed by atoms with Crippen molar-refractivity contribution < 1.29 is 4.79 Å². The van der Waals surface area contributed by atoms with Crippen LogP contribution in [0.2, 0.25) is 0 Å². The number of Topliss-reactive ketones (excluding diaryl/α,β-unsaturated/α-hetero) is 1. The average molecular weight is 449 g/mol. The van der Waals surface area contributed by atoms with Crippen molar-refractivity contribution >= 4 is 39.7 Å². The second kappa shape index (κ2) is 8.20. The van der Waals surface area contributed by atoms with Crippen molar-refractivity contribution in [1.82, 2.24) is 4.98 Å². The monoisotopic (exact) mass is 448 g/mol. The number of hydrogen-bond donors (Lipinski definition) is 1. The van der Waals surface area contributed by atoms with Gasteiger partial charge in [0.1, 0.15) is 0 Å². The molecule has 0 fully saturated rings. The molecule has 3 nitrogen and oxygen atoms in total. The van der Waals surface area contributed by atoms with Crippen LogP contribution in [0.5, 0.6) is 0 Å². The summed E-state index contributed by atoms with van der Waals surface area (Å²) in [5.41, 5.74) is 7.63. The summed E-state index contributed by atoms with van der Waals surface area (Å²) in [5, 5.41) is 4.82. The van der Waals surface area contributed by atoms with E-state index in [1.54, 1.807) is 11.8 Å². The Morgan fingerprint density at radius 3 is 2.48 bits per heavy atom. The average Bonchev–Trinajstić information content (AvgIpc) is 2.88. The van der Waals surface area contributed by atoms with Gasteiger partial charge in [-0.05, 0) is 65.6 Å². The fraction of sp³-hybridized carbons (Fsp3) is 0.172. The molecule has 0 saturated heterocycles. The van der Waals surface area contributed by atoms with Gasteiger partial charge in [0.15, 0.2) is 5.78 Å². The molecule has 4 aromatic rings. The molecule has 1 N–H and O–H groups in total. The lowest BCUT2D eigenvalue weighted by molar-refractivity contribution is -0.116. The first kappa shape index (κ1) is 20.3. The summed E-state index contributed by atoms with van der Waals surface area (Å²) in [6.45, 7) is 0. The van der Waals surface area contributed by atoms with Crippen LogP contribution in [0.3, 0.4) is 0 Å². The highest BCUT2D eigenvalue weighted by Crippen LogP contribution is 2.50. The van der Waals surface area contributed by atoms with Crippen molar-refractivity contribution in [2.75, 3.05) is 11.6 Å². The molecule has 0 spiro atoms. The molecule has 4 heteroatoms. The van der Waals surface area contributed by atoms with Gasteiger partial charge in [0.05, 0.1) is 11.6 Å². The lowest BCUT2D eigenvalue weighted by atomic mass is 9.72. The Morgan fingerprint density at radius 1 is 0.879 bits per heavy atom. The zero-order valence-corrected chi connectivity index (χ0v) is 19.2. The standard InChI is InChI=1S/C29H24N2OS/c1-33-21-11-9-19(10-12-21)29-28-23(16-20(17-26(28)32)18-6-3-2-4-7-18)27-22-8-5-15-30-24(22)13-14-25(27)31-29/h2-15,20,29,31H,16-17H2,1H3/t20-,29-/m0/s1. The van der Waals surface area contributed by atoms with E-state index in [-0.39, 0.29) is 17.7 Å². The van der Waals surface area contributed by atoms with Crippen molar-refractivity contribution in [3.8, 4) is 0 Å². The van der Waals surface area contributed by atoms with Crippen LogP contribution in [0.4, 0.5) is 5.69 Å². The summed E-state index contributed by atoms with van der Waals surface area (Å²) >= 11 is 1.73. The number of hydrogen-bond acceptors (Lipinski definition) is 4. The minimum Gasteiger partial charge on any atom is -0.373 e. The highest BCUT2D eigenvalue weighted by Gasteiger charge is 2.38. The molecule has 33 heavy (non-hydrogen) atoms. The van der Waals surface area contributed by atoms with E-state index in [4.69, 9.17) is 0 Å². The minimum atomic E-state index is -0.137. The fourth-order valence-electron chi connectivity index (χ4n) is 5.34. The number of nitrogens with zero attached hydrogens (tertiary/aromatic N) is 1. The van der Waals surface area contributed by atoms with E-state index in [9.17, 15) is 4.79 Å². The summed E-state index contributed by atoms with van der Waals surface area (Å²) in [5.74, 6) is 0.429. The van der Waals surface area contributed by atoms with E-state index >= 15 is 0 Å². The van der Waals surface area contributed by atoms with Gasteiger partial charge in [-0.3, -0.25) is 9.78 Å². The Bertz CT molecular complexity index is 1390. The Labute approximate surface area is 197 Å². The van der Waals surface area contributed by atoms with Crippen molar-refractivity contribution in [3.05, 3.63) is 107 Å². The van der Waals surface area contributed by atoms with Crippen molar-refractivity contribution in [3.63, 3.8) is 0 Å². The molecule has 0 saturated carbocycles. The van der Waals surface area contributed by atoms with Crippen LogP contribution in [0.15, 0.2) is 95.5 Å². The van der Waals surface area contributed by atoms with Crippen molar-refractivity contribution in [2.24, 2.45) is 0 Å². The predicted octanol–water partition coefficient (Wildman–Crippen LogP) is 7.02. The van der Waals surface area contributed by atoms with Gasteiger partial charge in [-0.2, -0.15) is 0 Å². The molecular weight excluding hydrogens is 424 g/mol. The summed E-state index contributed by atoms with van der Waals surface area (Å²) in [4.78, 5) is 19.6. The number of benzene rings is 3. The fourth-order valence-corrected chi connectivity index (χ4v) is 5.74. The van der Waals surface area contributed by atoms with Crippen molar-refractivity contribution in [2.45, 2.75) is 29.7 Å². The summed E-state index contributed by atoms with van der Waals surface area (Å²) in [6.07, 6.45) is 5.31. The van der Waals surface area contributed by atoms with Gasteiger partial charge in [0.25, 0.3) is 0 Å². The quantitative estimate of drug-likeness (QED) is 0.342. The van der Waals surface area contributed by atoms with Gasteiger partial charge in [-0.25, -0.2) is 0 Å². The second-order valence-corrected chi connectivity index (χ2v) is 9.62. The van der Waals surface area contributed by atoms with Gasteiger partial charge in [0, 0.05) is 39.7 Å². The van der Waals surface area contributed by atoms with E-state index in [1.807, 2.05) is 18.3 Å². The number of ketones is 1. The molecule has 2 atom stereocenters. The number of carbonyl (C=O) groups is 1. The first-order valence-corrected chi connectivity index (χ1v) is 12.5. The van der Waals surface area contributed by atoms with Gasteiger partial charge in [-0.15, -0.1) is 11.8 Å². The number of aromatic nitrogens is 1. The molecule has 0 bridgehead atoms. The Balaban J connectivity index is 1.56. The maximum absolute atomic E-state index is 13.7. The summed E-state index contributed by atoms with van der Waals surface area (Å²) < 4.78 is 0. The molecular formula is C29H24N2OS. The molecule has 0 unspecified atom stereocenters. The number of carbonyl (C=O) groups excluding carboxylic acids is 1. The number of anilines is 1. The Kier molecular flexibility index (Phi) is 5.03. The van der Waals surface area contributed by atoms with Crippen LogP contribution in [0.25, 0.3) is 16.5 Å². The molecule has 1 aliphatic heterocycles. The number of rotatable bonds is 3. The largest absolute Gasteiger partial charge is 0.373 e. The molecule has 0 amide bonds. The highest BCUT2D eigenvalue weighted by atomic mass is 32.2. The Hall–Kier alpha value is -3.37. The van der Waals surface area contributed by atoms with Gasteiger partial charge in [-0.1, -0.05) is 48.5 Å². The van der Waals surface area contributed by atoms with E-state index in [0.717, 1.165) is 39.7 Å². The predicted molar refractivity (Wildman–Crippen MR) is 137 cm³/mol. The van der Waals surface area contributed by atoms with Crippen molar-refractivity contribution in [1.29, 1.82) is 0 Å². The zero-order valence-electron chi connectivity index (χ0n) is 18.4. The maximum atomic E-state index is 13.7. The molecule has 2 heterocycles. The third kappa shape index (κ3) is 3.46. The van der Waals surface area contributed by atoms with E-state index < -0.39 is 0 Å². The number of pyridine rings is 1. The minimum absolute atomic E-state index is 0.137. The van der Waals surface area contributed by atoms with Crippen LogP contribution >= 0.6 is 11.8 Å². The molecule has 2 aliphatic rings. The first-order valence-electron chi connectivity index (χ1n) is 11.3.